The van der Waals surface area contributed by atoms with Gasteiger partial charge in [-0.15, -0.1) is 0 Å². The Morgan fingerprint density at radius 2 is 2.07 bits per heavy atom. The SMILES string of the molecule is NCCCCNC(O)CC(N)C(=O)O. The topological polar surface area (TPSA) is 122 Å². The second-order valence-electron chi connectivity index (χ2n) is 3.15. The Labute approximate surface area is 83.3 Å². The molecule has 0 fully saturated rings. The Morgan fingerprint density at radius 1 is 1.43 bits per heavy atom. The van der Waals surface area contributed by atoms with Crippen molar-refractivity contribution in [3.8, 4) is 0 Å². The molecule has 0 aliphatic carbocycles. The highest BCUT2D eigenvalue weighted by Gasteiger charge is 2.15. The molecule has 0 aromatic carbocycles. The molecule has 0 aromatic heterocycles. The first kappa shape index (κ1) is 13.3. The van der Waals surface area contributed by atoms with Crippen molar-refractivity contribution in [2.75, 3.05) is 13.1 Å². The number of nitrogens with two attached hydrogens (primary N) is 2. The first-order valence-corrected chi connectivity index (χ1v) is 4.67. The molecule has 0 rings (SSSR count). The lowest BCUT2D eigenvalue weighted by atomic mass is 10.2. The molecular weight excluding hydrogens is 186 g/mol. The number of carbonyl (C=O) groups is 1. The Hall–Kier alpha value is -0.690. The molecule has 7 N–H and O–H groups in total. The zero-order valence-electron chi connectivity index (χ0n) is 8.15. The lowest BCUT2D eigenvalue weighted by molar-refractivity contribution is -0.139. The lowest BCUT2D eigenvalue weighted by Crippen LogP contribution is -2.40. The molecule has 0 heterocycles. The third kappa shape index (κ3) is 6.79. The molecule has 6 heteroatoms. The van der Waals surface area contributed by atoms with E-state index in [9.17, 15) is 9.90 Å². The zero-order chi connectivity index (χ0) is 11.0. The molecule has 0 spiro atoms. The van der Waals surface area contributed by atoms with E-state index in [-0.39, 0.29) is 6.42 Å². The van der Waals surface area contributed by atoms with E-state index in [0.717, 1.165) is 12.8 Å². The van der Waals surface area contributed by atoms with Crippen molar-refractivity contribution in [3.05, 3.63) is 0 Å². The van der Waals surface area contributed by atoms with Gasteiger partial charge in [0.25, 0.3) is 0 Å². The van der Waals surface area contributed by atoms with Gasteiger partial charge in [-0.3, -0.25) is 10.1 Å². The third-order valence-electron chi connectivity index (χ3n) is 1.81. The van der Waals surface area contributed by atoms with Crippen molar-refractivity contribution in [3.63, 3.8) is 0 Å². The van der Waals surface area contributed by atoms with Crippen molar-refractivity contribution < 1.29 is 15.0 Å². The summed E-state index contributed by atoms with van der Waals surface area (Å²) in [4.78, 5) is 10.3. The first-order valence-electron chi connectivity index (χ1n) is 4.67. The molecular formula is C8H19N3O3. The largest absolute Gasteiger partial charge is 0.480 e. The van der Waals surface area contributed by atoms with Crippen LogP contribution in [-0.4, -0.2) is 41.5 Å². The number of nitrogens with one attached hydrogen (secondary N) is 1. The van der Waals surface area contributed by atoms with Gasteiger partial charge in [0.1, 0.15) is 12.3 Å². The number of hydrogen-bond donors (Lipinski definition) is 5. The van der Waals surface area contributed by atoms with Crippen LogP contribution in [0, 0.1) is 0 Å². The van der Waals surface area contributed by atoms with Crippen molar-refractivity contribution in [1.82, 2.24) is 5.32 Å². The fourth-order valence-corrected chi connectivity index (χ4v) is 0.963. The van der Waals surface area contributed by atoms with E-state index >= 15 is 0 Å². The minimum absolute atomic E-state index is 0.0119. The van der Waals surface area contributed by atoms with Crippen LogP contribution in [0.5, 0.6) is 0 Å². The fraction of sp³-hybridized carbons (Fsp3) is 0.875. The number of aliphatic hydroxyl groups is 1. The van der Waals surface area contributed by atoms with Crippen LogP contribution in [0.4, 0.5) is 0 Å². The maximum Gasteiger partial charge on any atom is 0.320 e. The lowest BCUT2D eigenvalue weighted by Gasteiger charge is -2.14. The van der Waals surface area contributed by atoms with Crippen LogP contribution < -0.4 is 16.8 Å². The molecule has 6 nitrogen and oxygen atoms in total. The van der Waals surface area contributed by atoms with Gasteiger partial charge >= 0.3 is 5.97 Å². The summed E-state index contributed by atoms with van der Waals surface area (Å²) in [6, 6.07) is -1.02. The maximum absolute atomic E-state index is 10.3. The molecule has 0 amide bonds. The quantitative estimate of drug-likeness (QED) is 0.241. The van der Waals surface area contributed by atoms with Crippen molar-refractivity contribution >= 4 is 5.97 Å². The van der Waals surface area contributed by atoms with E-state index in [1.54, 1.807) is 0 Å². The van der Waals surface area contributed by atoms with Crippen LogP contribution in [0.3, 0.4) is 0 Å². The van der Waals surface area contributed by atoms with Crippen molar-refractivity contribution in [2.45, 2.75) is 31.5 Å². The third-order valence-corrected chi connectivity index (χ3v) is 1.81. The Morgan fingerprint density at radius 3 is 2.57 bits per heavy atom. The van der Waals surface area contributed by atoms with Gasteiger partial charge in [-0.1, -0.05) is 0 Å². The number of carboxylic acid groups (broad SMARTS) is 1. The van der Waals surface area contributed by atoms with Gasteiger partial charge in [0.05, 0.1) is 0 Å². The van der Waals surface area contributed by atoms with E-state index < -0.39 is 18.2 Å². The summed E-state index contributed by atoms with van der Waals surface area (Å²) in [7, 11) is 0. The van der Waals surface area contributed by atoms with E-state index in [1.165, 1.54) is 0 Å². The predicted octanol–water partition coefficient (Wildman–Crippen LogP) is -1.56. The summed E-state index contributed by atoms with van der Waals surface area (Å²) in [6.45, 7) is 1.23. The number of unbranched alkanes of at least 4 members (excludes halogenated alkanes) is 1. The summed E-state index contributed by atoms with van der Waals surface area (Å²) in [5.41, 5.74) is 10.5. The summed E-state index contributed by atoms with van der Waals surface area (Å²) in [6.07, 6.45) is 0.886. The summed E-state index contributed by atoms with van der Waals surface area (Å²) < 4.78 is 0. The standard InChI is InChI=1S/C8H19N3O3/c9-3-1-2-4-11-7(12)5-6(10)8(13)14/h6-7,11-12H,1-5,9-10H2,(H,13,14). The fourth-order valence-electron chi connectivity index (χ4n) is 0.963. The second kappa shape index (κ2) is 7.69. The summed E-state index contributed by atoms with van der Waals surface area (Å²) in [5.74, 6) is -1.10. The number of aliphatic hydroxyl groups excluding tert-OH is 1. The van der Waals surface area contributed by atoms with Crippen LogP contribution in [0.15, 0.2) is 0 Å². The van der Waals surface area contributed by atoms with Gasteiger partial charge in [-0.2, -0.15) is 0 Å². The van der Waals surface area contributed by atoms with Crippen LogP contribution in [-0.2, 0) is 4.79 Å². The van der Waals surface area contributed by atoms with Gasteiger partial charge in [0.2, 0.25) is 0 Å². The Balaban J connectivity index is 3.45. The predicted molar refractivity (Wildman–Crippen MR) is 52.5 cm³/mol. The van der Waals surface area contributed by atoms with E-state index in [0.29, 0.717) is 13.1 Å². The normalized spacial score (nSPS) is 15.1. The second-order valence-corrected chi connectivity index (χ2v) is 3.15. The minimum atomic E-state index is -1.10. The smallest absolute Gasteiger partial charge is 0.320 e. The molecule has 0 aliphatic heterocycles. The maximum atomic E-state index is 10.3. The molecule has 0 saturated heterocycles. The summed E-state index contributed by atoms with van der Waals surface area (Å²) >= 11 is 0. The van der Waals surface area contributed by atoms with Crippen LogP contribution in [0.25, 0.3) is 0 Å². The molecule has 0 radical (unpaired) electrons. The van der Waals surface area contributed by atoms with Crippen molar-refractivity contribution in [2.24, 2.45) is 11.5 Å². The van der Waals surface area contributed by atoms with Gasteiger partial charge in [-0.05, 0) is 25.9 Å². The zero-order valence-corrected chi connectivity index (χ0v) is 8.15. The molecule has 0 aromatic rings. The van der Waals surface area contributed by atoms with Gasteiger partial charge in [0, 0.05) is 6.42 Å². The van der Waals surface area contributed by atoms with E-state index in [1.807, 2.05) is 0 Å². The first-order chi connectivity index (χ1) is 6.57. The minimum Gasteiger partial charge on any atom is -0.480 e. The highest BCUT2D eigenvalue weighted by atomic mass is 16.4. The molecule has 0 bridgehead atoms. The average Bonchev–Trinajstić information content (AvgIpc) is 2.12. The van der Waals surface area contributed by atoms with Gasteiger partial charge < -0.3 is 21.7 Å². The molecule has 2 atom stereocenters. The van der Waals surface area contributed by atoms with Crippen LogP contribution >= 0.6 is 0 Å². The van der Waals surface area contributed by atoms with Gasteiger partial charge in [-0.25, -0.2) is 0 Å². The van der Waals surface area contributed by atoms with E-state index in [4.69, 9.17) is 16.6 Å². The number of hydrogen-bond acceptors (Lipinski definition) is 5. The van der Waals surface area contributed by atoms with Crippen LogP contribution in [0.1, 0.15) is 19.3 Å². The van der Waals surface area contributed by atoms with Gasteiger partial charge in [0.15, 0.2) is 0 Å². The molecule has 84 valence electrons. The number of aliphatic carboxylic acids is 1. The van der Waals surface area contributed by atoms with E-state index in [2.05, 4.69) is 5.32 Å². The molecule has 2 unspecified atom stereocenters. The molecule has 14 heavy (non-hydrogen) atoms. The monoisotopic (exact) mass is 205 g/mol. The highest BCUT2D eigenvalue weighted by Crippen LogP contribution is 1.94. The average molecular weight is 205 g/mol. The van der Waals surface area contributed by atoms with Crippen molar-refractivity contribution in [1.29, 1.82) is 0 Å². The number of rotatable bonds is 8. The molecule has 0 aliphatic rings. The Bertz CT molecular complexity index is 166. The Kier molecular flexibility index (Phi) is 7.31. The van der Waals surface area contributed by atoms with Crippen LogP contribution in [0.2, 0.25) is 0 Å². The highest BCUT2D eigenvalue weighted by molar-refractivity contribution is 5.73. The molecule has 0 saturated carbocycles. The summed E-state index contributed by atoms with van der Waals surface area (Å²) in [5, 5.41) is 20.5. The number of carboxylic acids is 1.